The Labute approximate surface area is 230 Å². The van der Waals surface area contributed by atoms with Crippen LogP contribution in [0.3, 0.4) is 0 Å². The van der Waals surface area contributed by atoms with Gasteiger partial charge in [0.15, 0.2) is 23.3 Å². The summed E-state index contributed by atoms with van der Waals surface area (Å²) >= 11 is 3.51. The van der Waals surface area contributed by atoms with Crippen LogP contribution in [0.1, 0.15) is 45.2 Å². The number of amidine groups is 1. The second-order valence-corrected chi connectivity index (χ2v) is 10.3. The summed E-state index contributed by atoms with van der Waals surface area (Å²) in [5.41, 5.74) is 2.76. The van der Waals surface area contributed by atoms with E-state index in [1.807, 2.05) is 63.2 Å². The van der Waals surface area contributed by atoms with Gasteiger partial charge in [0.1, 0.15) is 0 Å². The number of hydrogen-bond acceptors (Lipinski definition) is 7. The summed E-state index contributed by atoms with van der Waals surface area (Å²) in [5.74, 6) is 0.459. The minimum Gasteiger partial charge on any atom is -0.490 e. The van der Waals surface area contributed by atoms with Crippen molar-refractivity contribution in [3.63, 3.8) is 0 Å². The Hall–Kier alpha value is -2.53. The van der Waals surface area contributed by atoms with E-state index in [9.17, 15) is 9.59 Å². The first kappa shape index (κ1) is 28.0. The zero-order valence-corrected chi connectivity index (χ0v) is 24.1. The Kier molecular flexibility index (Phi) is 10.2. The fraction of sp³-hybridized carbons (Fsp3) is 0.370. The summed E-state index contributed by atoms with van der Waals surface area (Å²) in [4.78, 5) is 32.3. The molecular formula is C27H31IN2O5S. The molecule has 0 spiro atoms. The van der Waals surface area contributed by atoms with Gasteiger partial charge in [0, 0.05) is 6.04 Å². The Bertz CT molecular complexity index is 1160. The fourth-order valence-electron chi connectivity index (χ4n) is 3.43. The van der Waals surface area contributed by atoms with Gasteiger partial charge >= 0.3 is 5.97 Å². The van der Waals surface area contributed by atoms with Gasteiger partial charge in [-0.3, -0.25) is 9.69 Å². The van der Waals surface area contributed by atoms with E-state index in [4.69, 9.17) is 19.2 Å². The van der Waals surface area contributed by atoms with Crippen molar-refractivity contribution in [2.24, 2.45) is 4.99 Å². The molecule has 192 valence electrons. The first-order valence-electron chi connectivity index (χ1n) is 11.9. The third-order valence-electron chi connectivity index (χ3n) is 5.40. The lowest BCUT2D eigenvalue weighted by molar-refractivity contribution is -0.145. The highest BCUT2D eigenvalue weighted by Crippen LogP contribution is 2.39. The van der Waals surface area contributed by atoms with E-state index >= 15 is 0 Å². The SMILES string of the molecule is CCOC(=O)COc1c(I)cc(/C=C2/SC(=Nc3ccc(C)cc3)N([C@@H](C)CC)C2=O)cc1OCC. The number of amides is 1. The Morgan fingerprint density at radius 3 is 2.50 bits per heavy atom. The van der Waals surface area contributed by atoms with E-state index in [0.29, 0.717) is 34.8 Å². The van der Waals surface area contributed by atoms with Crippen LogP contribution in [0.4, 0.5) is 5.69 Å². The predicted octanol–water partition coefficient (Wildman–Crippen LogP) is 6.34. The average Bonchev–Trinajstić information content (AvgIpc) is 3.14. The van der Waals surface area contributed by atoms with Crippen molar-refractivity contribution in [1.82, 2.24) is 4.90 Å². The van der Waals surface area contributed by atoms with E-state index in [1.54, 1.807) is 11.8 Å². The summed E-state index contributed by atoms with van der Waals surface area (Å²) in [6.07, 6.45) is 2.66. The highest BCUT2D eigenvalue weighted by Gasteiger charge is 2.36. The normalized spacial score (nSPS) is 16.5. The second kappa shape index (κ2) is 13.1. The van der Waals surface area contributed by atoms with Gasteiger partial charge in [-0.25, -0.2) is 9.79 Å². The average molecular weight is 623 g/mol. The molecule has 9 heteroatoms. The molecule has 3 rings (SSSR count). The van der Waals surface area contributed by atoms with Gasteiger partial charge in [-0.05, 0) is 104 Å². The van der Waals surface area contributed by atoms with Gasteiger partial charge in [0.25, 0.3) is 5.91 Å². The second-order valence-electron chi connectivity index (χ2n) is 8.13. The predicted molar refractivity (Wildman–Crippen MR) is 153 cm³/mol. The number of rotatable bonds is 10. The Morgan fingerprint density at radius 2 is 1.86 bits per heavy atom. The lowest BCUT2D eigenvalue weighted by Crippen LogP contribution is -2.36. The third kappa shape index (κ3) is 7.03. The van der Waals surface area contributed by atoms with Gasteiger partial charge < -0.3 is 14.2 Å². The van der Waals surface area contributed by atoms with Crippen LogP contribution in [0.5, 0.6) is 11.5 Å². The molecule has 7 nitrogen and oxygen atoms in total. The quantitative estimate of drug-likeness (QED) is 0.175. The maximum Gasteiger partial charge on any atom is 0.344 e. The third-order valence-corrected chi connectivity index (χ3v) is 7.18. The van der Waals surface area contributed by atoms with Crippen molar-refractivity contribution < 1.29 is 23.8 Å². The van der Waals surface area contributed by atoms with Crippen LogP contribution in [0.25, 0.3) is 6.08 Å². The molecule has 0 aromatic heterocycles. The number of aryl methyl sites for hydroxylation is 1. The molecule has 1 saturated heterocycles. The maximum absolute atomic E-state index is 13.4. The van der Waals surface area contributed by atoms with Crippen LogP contribution < -0.4 is 9.47 Å². The monoisotopic (exact) mass is 622 g/mol. The number of esters is 1. The van der Waals surface area contributed by atoms with Crippen molar-refractivity contribution in [1.29, 1.82) is 0 Å². The molecule has 0 unspecified atom stereocenters. The van der Waals surface area contributed by atoms with Crippen LogP contribution in [-0.4, -0.2) is 47.8 Å². The lowest BCUT2D eigenvalue weighted by atomic mass is 10.1. The van der Waals surface area contributed by atoms with E-state index < -0.39 is 5.97 Å². The number of thioether (sulfide) groups is 1. The molecule has 1 aliphatic heterocycles. The van der Waals surface area contributed by atoms with E-state index in [2.05, 4.69) is 29.5 Å². The number of carbonyl (C=O) groups is 2. The number of halogens is 1. The molecular weight excluding hydrogens is 591 g/mol. The number of hydrogen-bond donors (Lipinski definition) is 0. The van der Waals surface area contributed by atoms with Gasteiger partial charge in [0.05, 0.1) is 27.4 Å². The molecule has 1 fully saturated rings. The molecule has 36 heavy (non-hydrogen) atoms. The van der Waals surface area contributed by atoms with E-state index in [1.165, 1.54) is 11.8 Å². The summed E-state index contributed by atoms with van der Waals surface area (Å²) < 4.78 is 17.2. The van der Waals surface area contributed by atoms with E-state index in [-0.39, 0.29) is 18.6 Å². The van der Waals surface area contributed by atoms with Crippen molar-refractivity contribution in [2.75, 3.05) is 19.8 Å². The standard InChI is InChI=1S/C27H31IN2O5S/c1-6-18(5)30-26(32)23(36-27(30)29-20-11-9-17(4)10-12-20)15-19-13-21(28)25(22(14-19)33-7-2)35-16-24(31)34-8-3/h9-15,18H,6-8,16H2,1-5H3/b23-15+,29-27?/t18-/m0/s1. The minimum absolute atomic E-state index is 0.0119. The molecule has 2 aromatic carbocycles. The zero-order chi connectivity index (χ0) is 26.2. The first-order chi connectivity index (χ1) is 17.3. The number of nitrogens with zero attached hydrogens (tertiary/aromatic N) is 2. The largest absolute Gasteiger partial charge is 0.490 e. The molecule has 0 N–H and O–H groups in total. The van der Waals surface area contributed by atoms with Crippen LogP contribution in [-0.2, 0) is 14.3 Å². The van der Waals surface area contributed by atoms with Gasteiger partial charge in [0.2, 0.25) is 0 Å². The molecule has 0 bridgehead atoms. The molecule has 0 radical (unpaired) electrons. The first-order valence-corrected chi connectivity index (χ1v) is 13.8. The lowest BCUT2D eigenvalue weighted by Gasteiger charge is -2.22. The number of aliphatic imine (C=N–C) groups is 1. The highest BCUT2D eigenvalue weighted by molar-refractivity contribution is 14.1. The minimum atomic E-state index is -0.444. The van der Waals surface area contributed by atoms with Crippen molar-refractivity contribution in [3.8, 4) is 11.5 Å². The molecule has 1 heterocycles. The fourth-order valence-corrected chi connectivity index (χ4v) is 5.30. The zero-order valence-electron chi connectivity index (χ0n) is 21.2. The van der Waals surface area contributed by atoms with Crippen LogP contribution in [0, 0.1) is 10.5 Å². The van der Waals surface area contributed by atoms with Crippen molar-refractivity contribution in [2.45, 2.75) is 47.1 Å². The summed E-state index contributed by atoms with van der Waals surface area (Å²) in [7, 11) is 0. The van der Waals surface area contributed by atoms with Crippen molar-refractivity contribution >= 4 is 63.2 Å². The molecule has 1 aliphatic rings. The maximum atomic E-state index is 13.4. The van der Waals surface area contributed by atoms with Crippen LogP contribution in [0.15, 0.2) is 46.3 Å². The highest BCUT2D eigenvalue weighted by atomic mass is 127. The van der Waals surface area contributed by atoms with Gasteiger partial charge in [-0.2, -0.15) is 0 Å². The summed E-state index contributed by atoms with van der Waals surface area (Å²) in [5, 5.41) is 0.665. The smallest absolute Gasteiger partial charge is 0.344 e. The Balaban J connectivity index is 1.94. The molecule has 2 aromatic rings. The van der Waals surface area contributed by atoms with Crippen LogP contribution in [0.2, 0.25) is 0 Å². The Morgan fingerprint density at radius 1 is 1.14 bits per heavy atom. The number of benzene rings is 2. The molecule has 1 atom stereocenters. The molecule has 0 aliphatic carbocycles. The number of carbonyl (C=O) groups excluding carboxylic acids is 2. The molecule has 0 saturated carbocycles. The van der Waals surface area contributed by atoms with E-state index in [0.717, 1.165) is 26.8 Å². The van der Waals surface area contributed by atoms with Gasteiger partial charge in [-0.1, -0.05) is 24.6 Å². The number of ether oxygens (including phenoxy) is 3. The van der Waals surface area contributed by atoms with Crippen LogP contribution >= 0.6 is 34.4 Å². The van der Waals surface area contributed by atoms with Gasteiger partial charge in [-0.15, -0.1) is 0 Å². The molecule has 1 amide bonds. The topological polar surface area (TPSA) is 77.4 Å². The summed E-state index contributed by atoms with van der Waals surface area (Å²) in [6, 6.07) is 11.6. The van der Waals surface area contributed by atoms with Crippen molar-refractivity contribution in [3.05, 3.63) is 56.0 Å². The summed E-state index contributed by atoms with van der Waals surface area (Å²) in [6.45, 7) is 10.2.